The molecule has 1 aliphatic heterocycles. The van der Waals surface area contributed by atoms with Gasteiger partial charge in [0.05, 0.1) is 0 Å². The standard InChI is InChI=1S/C15H27N3O/c16-14(19)18-11-5-2-7-13-15(10-6-12-17-13)8-3-1-4-9-15/h3,8,13,17H,1-2,4-7,9-12H2,(H3,16,18,19). The molecule has 4 N–H and O–H groups in total. The second kappa shape index (κ2) is 6.94. The molecule has 108 valence electrons. The smallest absolute Gasteiger partial charge is 0.312 e. The minimum absolute atomic E-state index is 0.410. The van der Waals surface area contributed by atoms with Crippen LogP contribution in [0.5, 0.6) is 0 Å². The van der Waals surface area contributed by atoms with E-state index in [0.29, 0.717) is 18.0 Å². The van der Waals surface area contributed by atoms with Gasteiger partial charge in [0.2, 0.25) is 0 Å². The van der Waals surface area contributed by atoms with Gasteiger partial charge in [-0.25, -0.2) is 4.79 Å². The van der Waals surface area contributed by atoms with E-state index in [9.17, 15) is 4.79 Å². The number of hydrogen-bond donors (Lipinski definition) is 3. The van der Waals surface area contributed by atoms with Crippen molar-refractivity contribution in [1.82, 2.24) is 10.6 Å². The molecule has 0 bridgehead atoms. The van der Waals surface area contributed by atoms with E-state index in [0.717, 1.165) is 19.4 Å². The zero-order chi connectivity index (χ0) is 13.6. The number of hydrogen-bond acceptors (Lipinski definition) is 2. The van der Waals surface area contributed by atoms with Crippen LogP contribution in [0.2, 0.25) is 0 Å². The fourth-order valence-electron chi connectivity index (χ4n) is 3.59. The van der Waals surface area contributed by atoms with E-state index in [1.807, 2.05) is 0 Å². The highest BCUT2D eigenvalue weighted by atomic mass is 16.2. The fraction of sp³-hybridized carbons (Fsp3) is 0.800. The van der Waals surface area contributed by atoms with Crippen LogP contribution in [0.15, 0.2) is 12.2 Å². The SMILES string of the molecule is NC(=O)NCCCCC1NCCCC12C=CCCC2. The van der Waals surface area contributed by atoms with Gasteiger partial charge in [-0.2, -0.15) is 0 Å². The molecule has 2 rings (SSSR count). The summed E-state index contributed by atoms with van der Waals surface area (Å²) in [5.41, 5.74) is 5.47. The number of primary amides is 1. The van der Waals surface area contributed by atoms with Crippen LogP contribution < -0.4 is 16.4 Å². The molecule has 1 spiro atoms. The van der Waals surface area contributed by atoms with Crippen molar-refractivity contribution in [2.45, 2.75) is 57.4 Å². The summed E-state index contributed by atoms with van der Waals surface area (Å²) < 4.78 is 0. The van der Waals surface area contributed by atoms with Crippen molar-refractivity contribution >= 4 is 6.03 Å². The molecule has 0 aromatic rings. The Morgan fingerprint density at radius 1 is 1.37 bits per heavy atom. The quantitative estimate of drug-likeness (QED) is 0.527. The van der Waals surface area contributed by atoms with E-state index in [2.05, 4.69) is 22.8 Å². The number of amides is 2. The maximum Gasteiger partial charge on any atom is 0.312 e. The molecule has 4 nitrogen and oxygen atoms in total. The first kappa shape index (κ1) is 14.4. The molecule has 2 amide bonds. The molecule has 0 saturated carbocycles. The zero-order valence-electron chi connectivity index (χ0n) is 11.8. The second-order valence-corrected chi connectivity index (χ2v) is 5.92. The number of allylic oxidation sites excluding steroid dienone is 1. The lowest BCUT2D eigenvalue weighted by Gasteiger charge is -2.45. The molecule has 2 unspecified atom stereocenters. The Bertz CT molecular complexity index is 329. The van der Waals surface area contributed by atoms with Crippen molar-refractivity contribution in [1.29, 1.82) is 0 Å². The van der Waals surface area contributed by atoms with E-state index in [1.165, 1.54) is 38.5 Å². The Morgan fingerprint density at radius 3 is 2.95 bits per heavy atom. The molecule has 2 atom stereocenters. The molecular weight excluding hydrogens is 238 g/mol. The minimum Gasteiger partial charge on any atom is -0.352 e. The van der Waals surface area contributed by atoms with Crippen molar-refractivity contribution in [3.8, 4) is 0 Å². The fourth-order valence-corrected chi connectivity index (χ4v) is 3.59. The Hall–Kier alpha value is -1.03. The lowest BCUT2D eigenvalue weighted by atomic mass is 9.67. The van der Waals surface area contributed by atoms with Crippen LogP contribution in [0.4, 0.5) is 4.79 Å². The summed E-state index contributed by atoms with van der Waals surface area (Å²) in [5, 5.41) is 6.37. The van der Waals surface area contributed by atoms with Gasteiger partial charge in [0.1, 0.15) is 0 Å². The van der Waals surface area contributed by atoms with Gasteiger partial charge in [0, 0.05) is 18.0 Å². The van der Waals surface area contributed by atoms with E-state index in [1.54, 1.807) is 0 Å². The van der Waals surface area contributed by atoms with Crippen molar-refractivity contribution in [2.24, 2.45) is 11.1 Å². The van der Waals surface area contributed by atoms with Gasteiger partial charge >= 0.3 is 6.03 Å². The summed E-state index contributed by atoms with van der Waals surface area (Å²) in [6.45, 7) is 1.85. The number of rotatable bonds is 5. The van der Waals surface area contributed by atoms with Crippen LogP contribution in [-0.4, -0.2) is 25.2 Å². The summed E-state index contributed by atoms with van der Waals surface area (Å²) >= 11 is 0. The third kappa shape index (κ3) is 3.96. The molecule has 1 fully saturated rings. The van der Waals surface area contributed by atoms with Gasteiger partial charge in [0.25, 0.3) is 0 Å². The van der Waals surface area contributed by atoms with E-state index in [-0.39, 0.29) is 0 Å². The molecule has 4 heteroatoms. The molecule has 0 aromatic carbocycles. The third-order valence-electron chi connectivity index (χ3n) is 4.59. The second-order valence-electron chi connectivity index (χ2n) is 5.92. The molecular formula is C15H27N3O. The normalized spacial score (nSPS) is 30.4. The van der Waals surface area contributed by atoms with Crippen LogP contribution >= 0.6 is 0 Å². The van der Waals surface area contributed by atoms with Crippen LogP contribution in [-0.2, 0) is 0 Å². The van der Waals surface area contributed by atoms with Crippen molar-refractivity contribution in [2.75, 3.05) is 13.1 Å². The summed E-state index contributed by atoms with van der Waals surface area (Å²) in [7, 11) is 0. The van der Waals surface area contributed by atoms with Crippen LogP contribution in [0, 0.1) is 5.41 Å². The lowest BCUT2D eigenvalue weighted by molar-refractivity contribution is 0.158. The molecule has 2 aliphatic rings. The van der Waals surface area contributed by atoms with Gasteiger partial charge in [-0.1, -0.05) is 18.6 Å². The first-order chi connectivity index (χ1) is 9.23. The molecule has 1 heterocycles. The first-order valence-electron chi connectivity index (χ1n) is 7.67. The molecule has 1 saturated heterocycles. The summed E-state index contributed by atoms with van der Waals surface area (Å²) in [6, 6.07) is 0.203. The summed E-state index contributed by atoms with van der Waals surface area (Å²) in [5.74, 6) is 0. The highest BCUT2D eigenvalue weighted by Crippen LogP contribution is 2.42. The van der Waals surface area contributed by atoms with Crippen LogP contribution in [0.1, 0.15) is 51.4 Å². The van der Waals surface area contributed by atoms with Gasteiger partial charge in [-0.15, -0.1) is 0 Å². The predicted molar refractivity (Wildman–Crippen MR) is 77.9 cm³/mol. The lowest BCUT2D eigenvalue weighted by Crippen LogP contribution is -2.49. The predicted octanol–water partition coefficient (Wildman–Crippen LogP) is 2.30. The molecule has 19 heavy (non-hydrogen) atoms. The monoisotopic (exact) mass is 265 g/mol. The zero-order valence-corrected chi connectivity index (χ0v) is 11.8. The van der Waals surface area contributed by atoms with Crippen molar-refractivity contribution in [3.05, 3.63) is 12.2 Å². The largest absolute Gasteiger partial charge is 0.352 e. The number of nitrogens with two attached hydrogens (primary N) is 1. The highest BCUT2D eigenvalue weighted by Gasteiger charge is 2.38. The Balaban J connectivity index is 1.78. The molecule has 0 radical (unpaired) electrons. The van der Waals surface area contributed by atoms with E-state index < -0.39 is 6.03 Å². The summed E-state index contributed by atoms with van der Waals surface area (Å²) in [6.07, 6.45) is 14.8. The average molecular weight is 265 g/mol. The van der Waals surface area contributed by atoms with Gasteiger partial charge in [-0.3, -0.25) is 0 Å². The molecule has 0 aromatic heterocycles. The van der Waals surface area contributed by atoms with Gasteiger partial charge in [0.15, 0.2) is 0 Å². The van der Waals surface area contributed by atoms with Crippen molar-refractivity contribution < 1.29 is 4.79 Å². The number of nitrogens with one attached hydrogen (secondary N) is 2. The van der Waals surface area contributed by atoms with Gasteiger partial charge in [-0.05, 0) is 51.5 Å². The van der Waals surface area contributed by atoms with E-state index in [4.69, 9.17) is 5.73 Å². The Morgan fingerprint density at radius 2 is 2.21 bits per heavy atom. The van der Waals surface area contributed by atoms with Gasteiger partial charge < -0.3 is 16.4 Å². The van der Waals surface area contributed by atoms with E-state index >= 15 is 0 Å². The maximum atomic E-state index is 10.6. The number of carbonyl (C=O) groups is 1. The minimum atomic E-state index is -0.414. The first-order valence-corrected chi connectivity index (χ1v) is 7.67. The summed E-state index contributed by atoms with van der Waals surface area (Å²) in [4.78, 5) is 10.6. The Kier molecular flexibility index (Phi) is 5.25. The highest BCUT2D eigenvalue weighted by molar-refractivity contribution is 5.71. The number of urea groups is 1. The van der Waals surface area contributed by atoms with Crippen LogP contribution in [0.3, 0.4) is 0 Å². The average Bonchev–Trinajstić information content (AvgIpc) is 2.41. The number of piperidine rings is 1. The number of unbranched alkanes of at least 4 members (excludes halogenated alkanes) is 1. The van der Waals surface area contributed by atoms with Crippen LogP contribution in [0.25, 0.3) is 0 Å². The third-order valence-corrected chi connectivity index (χ3v) is 4.59. The van der Waals surface area contributed by atoms with Crippen molar-refractivity contribution in [3.63, 3.8) is 0 Å². The Labute approximate surface area is 116 Å². The maximum absolute atomic E-state index is 10.6. The number of carbonyl (C=O) groups excluding carboxylic acids is 1. The topological polar surface area (TPSA) is 67.2 Å². The molecule has 1 aliphatic carbocycles.